The predicted octanol–water partition coefficient (Wildman–Crippen LogP) is 5.70. The highest BCUT2D eigenvalue weighted by Gasteiger charge is 2.35. The summed E-state index contributed by atoms with van der Waals surface area (Å²) in [5.74, 6) is 0. The van der Waals surface area contributed by atoms with Crippen LogP contribution in [0.1, 0.15) is 98.8 Å². The first-order valence-corrected chi connectivity index (χ1v) is 9.57. The lowest BCUT2D eigenvalue weighted by atomic mass is 9.84. The molecule has 1 unspecified atom stereocenters. The minimum atomic E-state index is 0.0351. The van der Waals surface area contributed by atoms with Gasteiger partial charge in [-0.25, -0.2) is 0 Å². The average molecular weight is 300 g/mol. The van der Waals surface area contributed by atoms with Crippen molar-refractivity contribution in [2.75, 3.05) is 13.2 Å². The maximum atomic E-state index is 6.22. The Morgan fingerprint density at radius 2 is 1.43 bits per heavy atom. The van der Waals surface area contributed by atoms with E-state index >= 15 is 0 Å². The van der Waals surface area contributed by atoms with Crippen LogP contribution < -0.4 is 5.32 Å². The van der Waals surface area contributed by atoms with Gasteiger partial charge in [-0.2, -0.15) is 0 Å². The molecule has 0 aliphatic heterocycles. The number of hydrogen-bond donors (Lipinski definition) is 1. The van der Waals surface area contributed by atoms with Gasteiger partial charge in [-0.1, -0.05) is 66.2 Å². The average Bonchev–Trinajstić information content (AvgIpc) is 2.51. The molecular formula is C19H41NO. The zero-order valence-corrected chi connectivity index (χ0v) is 15.5. The van der Waals surface area contributed by atoms with Crippen molar-refractivity contribution in [2.24, 2.45) is 0 Å². The molecule has 0 saturated heterocycles. The van der Waals surface area contributed by atoms with Gasteiger partial charge < -0.3 is 10.1 Å². The first-order chi connectivity index (χ1) is 10.2. The largest absolute Gasteiger partial charge is 0.374 e. The predicted molar refractivity (Wildman–Crippen MR) is 95.0 cm³/mol. The quantitative estimate of drug-likeness (QED) is 0.392. The van der Waals surface area contributed by atoms with E-state index in [-0.39, 0.29) is 5.60 Å². The van der Waals surface area contributed by atoms with Gasteiger partial charge in [0.15, 0.2) is 0 Å². The van der Waals surface area contributed by atoms with E-state index in [0.29, 0.717) is 6.04 Å². The Morgan fingerprint density at radius 1 is 0.810 bits per heavy atom. The Balaban J connectivity index is 4.39. The van der Waals surface area contributed by atoms with Crippen molar-refractivity contribution in [3.63, 3.8) is 0 Å². The maximum Gasteiger partial charge on any atom is 0.0829 e. The van der Waals surface area contributed by atoms with Crippen LogP contribution in [-0.2, 0) is 4.74 Å². The van der Waals surface area contributed by atoms with Crippen molar-refractivity contribution in [2.45, 2.75) is 110 Å². The van der Waals surface area contributed by atoms with Crippen LogP contribution >= 0.6 is 0 Å². The van der Waals surface area contributed by atoms with Gasteiger partial charge in [-0.05, 0) is 39.2 Å². The van der Waals surface area contributed by atoms with Gasteiger partial charge in [0.1, 0.15) is 0 Å². The lowest BCUT2D eigenvalue weighted by molar-refractivity contribution is -0.0741. The summed E-state index contributed by atoms with van der Waals surface area (Å²) in [5, 5.41) is 3.77. The van der Waals surface area contributed by atoms with E-state index in [1.165, 1.54) is 51.4 Å². The molecule has 128 valence electrons. The monoisotopic (exact) mass is 299 g/mol. The summed E-state index contributed by atoms with van der Waals surface area (Å²) in [6, 6.07) is 0.513. The van der Waals surface area contributed by atoms with Gasteiger partial charge in [0.2, 0.25) is 0 Å². The maximum absolute atomic E-state index is 6.22. The smallest absolute Gasteiger partial charge is 0.0829 e. The number of rotatable bonds is 15. The fraction of sp³-hybridized carbons (Fsp3) is 1.00. The summed E-state index contributed by atoms with van der Waals surface area (Å²) in [7, 11) is 0. The number of ether oxygens (including phenoxy) is 1. The van der Waals surface area contributed by atoms with Crippen molar-refractivity contribution in [1.82, 2.24) is 5.32 Å². The fourth-order valence-corrected chi connectivity index (χ4v) is 3.33. The Bertz CT molecular complexity index is 214. The molecule has 2 nitrogen and oxygen atoms in total. The van der Waals surface area contributed by atoms with Crippen molar-refractivity contribution >= 4 is 0 Å². The molecule has 0 aromatic carbocycles. The van der Waals surface area contributed by atoms with E-state index in [1.54, 1.807) is 0 Å². The summed E-state index contributed by atoms with van der Waals surface area (Å²) >= 11 is 0. The number of nitrogens with one attached hydrogen (secondary N) is 1. The molecule has 0 saturated carbocycles. The molecule has 0 rings (SSSR count). The molecule has 0 bridgehead atoms. The zero-order chi connectivity index (χ0) is 16.0. The molecule has 0 aliphatic rings. The minimum Gasteiger partial charge on any atom is -0.374 e. The summed E-state index contributed by atoms with van der Waals surface area (Å²) in [6.07, 6.45) is 12.9. The second kappa shape index (κ2) is 13.6. The van der Waals surface area contributed by atoms with Gasteiger partial charge in [0, 0.05) is 12.6 Å². The minimum absolute atomic E-state index is 0.0351. The highest BCUT2D eigenvalue weighted by molar-refractivity contribution is 4.91. The second-order valence-corrected chi connectivity index (χ2v) is 6.27. The van der Waals surface area contributed by atoms with E-state index in [9.17, 15) is 0 Å². The van der Waals surface area contributed by atoms with E-state index in [2.05, 4.69) is 39.9 Å². The van der Waals surface area contributed by atoms with E-state index in [1.807, 2.05) is 0 Å². The van der Waals surface area contributed by atoms with Crippen LogP contribution in [0.3, 0.4) is 0 Å². The summed E-state index contributed by atoms with van der Waals surface area (Å²) < 4.78 is 6.22. The highest BCUT2D eigenvalue weighted by atomic mass is 16.5. The van der Waals surface area contributed by atoms with Crippen molar-refractivity contribution in [3.05, 3.63) is 0 Å². The Kier molecular flexibility index (Phi) is 13.5. The van der Waals surface area contributed by atoms with Crippen LogP contribution in [0, 0.1) is 0 Å². The Hall–Kier alpha value is -0.0800. The van der Waals surface area contributed by atoms with Crippen LogP contribution in [0.25, 0.3) is 0 Å². The molecule has 1 N–H and O–H groups in total. The molecule has 0 spiro atoms. The molecule has 0 fully saturated rings. The number of unbranched alkanes of at least 4 members (excludes halogenated alkanes) is 5. The Labute approximate surface area is 134 Å². The molecule has 0 aromatic heterocycles. The first-order valence-electron chi connectivity index (χ1n) is 9.57. The molecule has 0 amide bonds. The third-order valence-corrected chi connectivity index (χ3v) is 4.75. The third-order valence-electron chi connectivity index (χ3n) is 4.75. The van der Waals surface area contributed by atoms with E-state index in [0.717, 1.165) is 26.0 Å². The third kappa shape index (κ3) is 8.21. The SMILES string of the molecule is CCCCCCCCC(NCCC)C(CC)(CC)OCC. The molecular weight excluding hydrogens is 258 g/mol. The molecule has 0 aliphatic carbocycles. The molecule has 0 heterocycles. The molecule has 2 heteroatoms. The first kappa shape index (κ1) is 20.9. The Morgan fingerprint density at radius 3 is 1.95 bits per heavy atom. The number of hydrogen-bond acceptors (Lipinski definition) is 2. The summed E-state index contributed by atoms with van der Waals surface area (Å²) in [6.45, 7) is 13.1. The van der Waals surface area contributed by atoms with Gasteiger partial charge in [0.05, 0.1) is 5.60 Å². The van der Waals surface area contributed by atoms with Crippen molar-refractivity contribution in [1.29, 1.82) is 0 Å². The lowest BCUT2D eigenvalue weighted by Gasteiger charge is -2.40. The van der Waals surface area contributed by atoms with Gasteiger partial charge in [0.25, 0.3) is 0 Å². The molecule has 0 aromatic rings. The standard InChI is InChI=1S/C19H41NO/c1-6-11-12-13-14-15-16-18(20-17-7-2)19(8-3,9-4)21-10-5/h18,20H,6-17H2,1-5H3. The van der Waals surface area contributed by atoms with Crippen LogP contribution in [0.5, 0.6) is 0 Å². The van der Waals surface area contributed by atoms with Gasteiger partial charge in [-0.3, -0.25) is 0 Å². The van der Waals surface area contributed by atoms with Crippen LogP contribution in [0.15, 0.2) is 0 Å². The van der Waals surface area contributed by atoms with Crippen LogP contribution in [0.4, 0.5) is 0 Å². The van der Waals surface area contributed by atoms with Gasteiger partial charge in [-0.15, -0.1) is 0 Å². The fourth-order valence-electron chi connectivity index (χ4n) is 3.33. The summed E-state index contributed by atoms with van der Waals surface area (Å²) in [4.78, 5) is 0. The lowest BCUT2D eigenvalue weighted by Crippen LogP contribution is -2.52. The van der Waals surface area contributed by atoms with Crippen LogP contribution in [0.2, 0.25) is 0 Å². The molecule has 0 radical (unpaired) electrons. The normalized spacial score (nSPS) is 13.6. The summed E-state index contributed by atoms with van der Waals surface area (Å²) in [5.41, 5.74) is 0.0351. The van der Waals surface area contributed by atoms with E-state index < -0.39 is 0 Å². The van der Waals surface area contributed by atoms with Crippen molar-refractivity contribution in [3.8, 4) is 0 Å². The van der Waals surface area contributed by atoms with Crippen LogP contribution in [-0.4, -0.2) is 24.8 Å². The van der Waals surface area contributed by atoms with Gasteiger partial charge >= 0.3 is 0 Å². The molecule has 21 heavy (non-hydrogen) atoms. The van der Waals surface area contributed by atoms with E-state index in [4.69, 9.17) is 4.74 Å². The highest BCUT2D eigenvalue weighted by Crippen LogP contribution is 2.28. The molecule has 1 atom stereocenters. The second-order valence-electron chi connectivity index (χ2n) is 6.27. The van der Waals surface area contributed by atoms with Crippen molar-refractivity contribution < 1.29 is 4.74 Å². The topological polar surface area (TPSA) is 21.3 Å². The zero-order valence-electron chi connectivity index (χ0n) is 15.5.